The van der Waals surface area contributed by atoms with Gasteiger partial charge in [-0.05, 0) is 50.4 Å². The number of carbonyl (C=O) groups excluding carboxylic acids is 1. The SMILES string of the molecule is Cc1ccn(CC2CCCNC2)c(=O)c1C(=O)Nc1ccn(C)n1. The van der Waals surface area contributed by atoms with Gasteiger partial charge in [-0.1, -0.05) is 0 Å². The van der Waals surface area contributed by atoms with Gasteiger partial charge in [-0.15, -0.1) is 0 Å². The van der Waals surface area contributed by atoms with Crippen LogP contribution in [0.15, 0.2) is 29.3 Å². The van der Waals surface area contributed by atoms with Gasteiger partial charge in [0.2, 0.25) is 0 Å². The molecule has 7 nitrogen and oxygen atoms in total. The van der Waals surface area contributed by atoms with Gasteiger partial charge in [0.15, 0.2) is 5.82 Å². The fourth-order valence-corrected chi connectivity index (χ4v) is 3.10. The molecular weight excluding hydrogens is 306 g/mol. The number of pyridine rings is 1. The van der Waals surface area contributed by atoms with Crippen LogP contribution in [0.25, 0.3) is 0 Å². The molecule has 128 valence electrons. The van der Waals surface area contributed by atoms with Crippen molar-refractivity contribution in [1.82, 2.24) is 19.7 Å². The van der Waals surface area contributed by atoms with Crippen LogP contribution < -0.4 is 16.2 Å². The standard InChI is InChI=1S/C17H23N5O2/c1-12-5-9-22(11-13-4-3-7-18-10-13)17(24)15(12)16(23)19-14-6-8-21(2)20-14/h5-6,8-9,13,18H,3-4,7,10-11H2,1-2H3,(H,19,20,23). The van der Waals surface area contributed by atoms with E-state index in [1.165, 1.54) is 0 Å². The number of hydrogen-bond acceptors (Lipinski definition) is 4. The van der Waals surface area contributed by atoms with Gasteiger partial charge in [-0.25, -0.2) is 0 Å². The van der Waals surface area contributed by atoms with Gasteiger partial charge in [0.1, 0.15) is 5.56 Å². The van der Waals surface area contributed by atoms with E-state index in [4.69, 9.17) is 0 Å². The van der Waals surface area contributed by atoms with Gasteiger partial charge in [0.05, 0.1) is 0 Å². The van der Waals surface area contributed by atoms with E-state index in [0.717, 1.165) is 25.9 Å². The molecule has 24 heavy (non-hydrogen) atoms. The fourth-order valence-electron chi connectivity index (χ4n) is 3.10. The maximum absolute atomic E-state index is 12.8. The first-order valence-electron chi connectivity index (χ1n) is 8.26. The number of nitrogens with zero attached hydrogens (tertiary/aromatic N) is 3. The number of amides is 1. The molecule has 1 amide bonds. The fraction of sp³-hybridized carbons (Fsp3) is 0.471. The van der Waals surface area contributed by atoms with Crippen molar-refractivity contribution in [2.75, 3.05) is 18.4 Å². The van der Waals surface area contributed by atoms with Crippen molar-refractivity contribution in [1.29, 1.82) is 0 Å². The van der Waals surface area contributed by atoms with Crippen molar-refractivity contribution in [3.8, 4) is 0 Å². The molecule has 0 saturated carbocycles. The summed E-state index contributed by atoms with van der Waals surface area (Å²) in [5.41, 5.74) is 0.618. The Morgan fingerprint density at radius 1 is 1.42 bits per heavy atom. The number of aromatic nitrogens is 3. The van der Waals surface area contributed by atoms with Crippen LogP contribution in [0.5, 0.6) is 0 Å². The third-order valence-corrected chi connectivity index (χ3v) is 4.41. The molecule has 1 aliphatic rings. The second kappa shape index (κ2) is 7.00. The van der Waals surface area contributed by atoms with Crippen LogP contribution in [0.1, 0.15) is 28.8 Å². The van der Waals surface area contributed by atoms with Gasteiger partial charge < -0.3 is 15.2 Å². The summed E-state index contributed by atoms with van der Waals surface area (Å²) < 4.78 is 3.25. The van der Waals surface area contributed by atoms with Gasteiger partial charge in [-0.3, -0.25) is 14.3 Å². The zero-order valence-electron chi connectivity index (χ0n) is 14.1. The minimum Gasteiger partial charge on any atom is -0.316 e. The lowest BCUT2D eigenvalue weighted by Gasteiger charge is -2.23. The summed E-state index contributed by atoms with van der Waals surface area (Å²) in [6, 6.07) is 3.52. The van der Waals surface area contributed by atoms with E-state index in [1.807, 2.05) is 6.07 Å². The maximum atomic E-state index is 12.8. The molecule has 2 aromatic heterocycles. The van der Waals surface area contributed by atoms with Gasteiger partial charge in [0, 0.05) is 32.1 Å². The molecule has 0 spiro atoms. The Morgan fingerprint density at radius 2 is 2.25 bits per heavy atom. The molecule has 1 aliphatic heterocycles. The average molecular weight is 329 g/mol. The highest BCUT2D eigenvalue weighted by Gasteiger charge is 2.19. The highest BCUT2D eigenvalue weighted by molar-refractivity contribution is 6.04. The summed E-state index contributed by atoms with van der Waals surface area (Å²) in [5, 5.41) is 10.2. The highest BCUT2D eigenvalue weighted by atomic mass is 16.2. The van der Waals surface area contributed by atoms with Gasteiger partial charge in [-0.2, -0.15) is 5.10 Å². The first kappa shape index (κ1) is 16.4. The van der Waals surface area contributed by atoms with E-state index in [1.54, 1.807) is 41.7 Å². The van der Waals surface area contributed by atoms with E-state index in [0.29, 0.717) is 23.8 Å². The van der Waals surface area contributed by atoms with Crippen molar-refractivity contribution in [3.63, 3.8) is 0 Å². The smallest absolute Gasteiger partial charge is 0.263 e. The number of piperidine rings is 1. The van der Waals surface area contributed by atoms with Crippen molar-refractivity contribution < 1.29 is 4.79 Å². The molecular formula is C17H23N5O2. The van der Waals surface area contributed by atoms with Crippen LogP contribution in [0.4, 0.5) is 5.82 Å². The molecule has 1 saturated heterocycles. The van der Waals surface area contributed by atoms with Gasteiger partial charge in [0.25, 0.3) is 11.5 Å². The molecule has 0 aliphatic carbocycles. The molecule has 1 atom stereocenters. The van der Waals surface area contributed by atoms with E-state index < -0.39 is 5.91 Å². The van der Waals surface area contributed by atoms with Crippen LogP contribution in [0, 0.1) is 12.8 Å². The predicted molar refractivity (Wildman–Crippen MR) is 92.2 cm³/mol. The number of nitrogens with one attached hydrogen (secondary N) is 2. The largest absolute Gasteiger partial charge is 0.316 e. The number of hydrogen-bond donors (Lipinski definition) is 2. The summed E-state index contributed by atoms with van der Waals surface area (Å²) in [6.07, 6.45) is 5.74. The van der Waals surface area contributed by atoms with Crippen LogP contribution >= 0.6 is 0 Å². The normalized spacial score (nSPS) is 17.7. The Balaban J connectivity index is 1.82. The monoisotopic (exact) mass is 329 g/mol. The second-order valence-electron chi connectivity index (χ2n) is 6.37. The zero-order chi connectivity index (χ0) is 17.1. The molecule has 3 heterocycles. The van der Waals surface area contributed by atoms with Crippen molar-refractivity contribution in [3.05, 3.63) is 46.0 Å². The minimum atomic E-state index is -0.410. The topological polar surface area (TPSA) is 81.0 Å². The first-order chi connectivity index (χ1) is 11.5. The van der Waals surface area contributed by atoms with E-state index in [2.05, 4.69) is 15.7 Å². The maximum Gasteiger partial charge on any atom is 0.263 e. The number of rotatable bonds is 4. The Hall–Kier alpha value is -2.41. The molecule has 0 radical (unpaired) electrons. The second-order valence-corrected chi connectivity index (χ2v) is 6.37. The van der Waals surface area contributed by atoms with E-state index in [-0.39, 0.29) is 11.1 Å². The summed E-state index contributed by atoms with van der Waals surface area (Å²) in [6.45, 7) is 4.37. The first-order valence-corrected chi connectivity index (χ1v) is 8.26. The summed E-state index contributed by atoms with van der Waals surface area (Å²) >= 11 is 0. The molecule has 3 rings (SSSR count). The Labute approximate surface area is 140 Å². The zero-order valence-corrected chi connectivity index (χ0v) is 14.1. The summed E-state index contributed by atoms with van der Waals surface area (Å²) in [7, 11) is 1.77. The Kier molecular flexibility index (Phi) is 4.80. The van der Waals surface area contributed by atoms with Crippen LogP contribution in [-0.2, 0) is 13.6 Å². The molecule has 0 bridgehead atoms. The van der Waals surface area contributed by atoms with Crippen molar-refractivity contribution in [2.45, 2.75) is 26.3 Å². The number of anilines is 1. The predicted octanol–water partition coefficient (Wildman–Crippen LogP) is 1.14. The molecule has 7 heteroatoms. The van der Waals surface area contributed by atoms with E-state index >= 15 is 0 Å². The lowest BCUT2D eigenvalue weighted by molar-refractivity contribution is 0.102. The van der Waals surface area contributed by atoms with Crippen molar-refractivity contribution in [2.24, 2.45) is 13.0 Å². The summed E-state index contributed by atoms with van der Waals surface area (Å²) in [4.78, 5) is 25.3. The molecule has 1 fully saturated rings. The quantitative estimate of drug-likeness (QED) is 0.881. The van der Waals surface area contributed by atoms with E-state index in [9.17, 15) is 9.59 Å². The lowest BCUT2D eigenvalue weighted by atomic mass is 9.99. The third-order valence-electron chi connectivity index (χ3n) is 4.41. The number of aryl methyl sites for hydroxylation is 2. The number of carbonyl (C=O) groups is 1. The third kappa shape index (κ3) is 3.56. The van der Waals surface area contributed by atoms with Crippen LogP contribution in [0.3, 0.4) is 0 Å². The molecule has 2 N–H and O–H groups in total. The van der Waals surface area contributed by atoms with Gasteiger partial charge >= 0.3 is 0 Å². The summed E-state index contributed by atoms with van der Waals surface area (Å²) in [5.74, 6) is 0.450. The van der Waals surface area contributed by atoms with Crippen LogP contribution in [-0.4, -0.2) is 33.3 Å². The van der Waals surface area contributed by atoms with Crippen molar-refractivity contribution >= 4 is 11.7 Å². The minimum absolute atomic E-state index is 0.187. The average Bonchev–Trinajstić information content (AvgIpc) is 2.96. The lowest BCUT2D eigenvalue weighted by Crippen LogP contribution is -2.36. The molecule has 2 aromatic rings. The molecule has 1 unspecified atom stereocenters. The van der Waals surface area contributed by atoms with Crippen LogP contribution in [0.2, 0.25) is 0 Å². The Morgan fingerprint density at radius 3 is 2.92 bits per heavy atom. The highest BCUT2D eigenvalue weighted by Crippen LogP contribution is 2.13. The molecule has 0 aromatic carbocycles. The Bertz CT molecular complexity index is 787.